The number of nitrogens with one attached hydrogen (secondary N) is 1. The fourth-order valence-corrected chi connectivity index (χ4v) is 8.47. The lowest BCUT2D eigenvalue weighted by molar-refractivity contribution is -0.143. The second kappa shape index (κ2) is 9.05. The Balaban J connectivity index is 1.93. The molecule has 1 aliphatic rings. The minimum atomic E-state index is -4.11. The van der Waals surface area contributed by atoms with Crippen molar-refractivity contribution in [1.29, 1.82) is 0 Å². The van der Waals surface area contributed by atoms with Gasteiger partial charge in [0, 0.05) is 6.04 Å². The lowest BCUT2D eigenvalue weighted by Gasteiger charge is -2.25. The predicted molar refractivity (Wildman–Crippen MR) is 114 cm³/mol. The second-order valence-electron chi connectivity index (χ2n) is 7.61. The number of hydrogen-bond acceptors (Lipinski definition) is 7. The Morgan fingerprint density at radius 2 is 1.87 bits per heavy atom. The van der Waals surface area contributed by atoms with Crippen LogP contribution < -0.4 is 5.32 Å². The van der Waals surface area contributed by atoms with Crippen molar-refractivity contribution in [2.75, 3.05) is 18.6 Å². The molecular weight excluding hydrogens is 445 g/mol. The third-order valence-electron chi connectivity index (χ3n) is 5.34. The van der Waals surface area contributed by atoms with Crippen LogP contribution in [0.3, 0.4) is 0 Å². The topological polar surface area (TPSA) is 107 Å². The van der Waals surface area contributed by atoms with E-state index >= 15 is 0 Å². The summed E-state index contributed by atoms with van der Waals surface area (Å²) in [7, 11) is -6.57. The van der Waals surface area contributed by atoms with Crippen molar-refractivity contribution in [2.24, 2.45) is 0 Å². The first-order valence-electron chi connectivity index (χ1n) is 9.62. The van der Waals surface area contributed by atoms with Gasteiger partial charge in [-0.05, 0) is 42.7 Å². The second-order valence-corrected chi connectivity index (χ2v) is 11.9. The number of rotatable bonds is 7. The molecule has 0 amide bonds. The van der Waals surface area contributed by atoms with Gasteiger partial charge in [-0.1, -0.05) is 30.3 Å². The van der Waals surface area contributed by atoms with Crippen LogP contribution in [0.25, 0.3) is 0 Å². The van der Waals surface area contributed by atoms with Gasteiger partial charge in [-0.2, -0.15) is 0 Å². The van der Waals surface area contributed by atoms with Gasteiger partial charge < -0.3 is 4.74 Å². The Morgan fingerprint density at radius 1 is 1.19 bits per heavy atom. The maximum Gasteiger partial charge on any atom is 0.323 e. The van der Waals surface area contributed by atoms with E-state index < -0.39 is 60.3 Å². The SMILES string of the molecule is COC(=O)[C@H](Cc1ccccc1)N[C@H]1CS(=O)(=O)C[C@@H]1S(=O)(=O)c1ccc(F)c(C)c1. The van der Waals surface area contributed by atoms with Crippen molar-refractivity contribution < 1.29 is 30.8 Å². The van der Waals surface area contributed by atoms with Crippen LogP contribution in [0.5, 0.6) is 0 Å². The molecule has 0 radical (unpaired) electrons. The van der Waals surface area contributed by atoms with Crippen LogP contribution in [0, 0.1) is 12.7 Å². The molecule has 1 fully saturated rings. The van der Waals surface area contributed by atoms with E-state index in [-0.39, 0.29) is 16.9 Å². The zero-order valence-electron chi connectivity index (χ0n) is 17.1. The molecule has 0 bridgehead atoms. The number of methoxy groups -OCH3 is 1. The zero-order chi connectivity index (χ0) is 22.8. The van der Waals surface area contributed by atoms with Crippen LogP contribution >= 0.6 is 0 Å². The molecule has 0 saturated carbocycles. The fraction of sp³-hybridized carbons (Fsp3) is 0.381. The monoisotopic (exact) mass is 469 g/mol. The van der Waals surface area contributed by atoms with Crippen molar-refractivity contribution in [3.8, 4) is 0 Å². The molecule has 7 nitrogen and oxygen atoms in total. The number of halogens is 1. The Morgan fingerprint density at radius 3 is 2.48 bits per heavy atom. The number of sulfone groups is 2. The molecule has 3 atom stereocenters. The highest BCUT2D eigenvalue weighted by Crippen LogP contribution is 2.27. The molecule has 1 aliphatic heterocycles. The summed E-state index contributed by atoms with van der Waals surface area (Å²) in [5.74, 6) is -2.19. The molecule has 2 aromatic carbocycles. The van der Waals surface area contributed by atoms with Gasteiger partial charge in [-0.25, -0.2) is 21.2 Å². The molecule has 0 aromatic heterocycles. The highest BCUT2D eigenvalue weighted by molar-refractivity contribution is 7.96. The summed E-state index contributed by atoms with van der Waals surface area (Å²) in [5.41, 5.74) is 0.947. The van der Waals surface area contributed by atoms with Crippen molar-refractivity contribution in [3.63, 3.8) is 0 Å². The standard InChI is InChI=1S/C21H24FNO6S2/c1-14-10-16(8-9-17(14)22)31(27,28)20-13-30(25,26)12-19(20)23-18(21(24)29-2)11-15-6-4-3-5-7-15/h3-10,18-20,23H,11-13H2,1-2H3/t18-,19-,20-/m0/s1. The summed E-state index contributed by atoms with van der Waals surface area (Å²) >= 11 is 0. The minimum absolute atomic E-state index is 0.142. The first-order chi connectivity index (χ1) is 14.5. The highest BCUT2D eigenvalue weighted by atomic mass is 32.2. The van der Waals surface area contributed by atoms with E-state index in [0.29, 0.717) is 0 Å². The van der Waals surface area contributed by atoms with Crippen LogP contribution in [0.2, 0.25) is 0 Å². The Kier molecular flexibility index (Phi) is 6.82. The number of aryl methyl sites for hydroxylation is 1. The molecule has 10 heteroatoms. The number of ether oxygens (including phenoxy) is 1. The fourth-order valence-electron chi connectivity index (χ4n) is 3.71. The van der Waals surface area contributed by atoms with Crippen LogP contribution in [0.1, 0.15) is 11.1 Å². The number of carbonyl (C=O) groups excluding carboxylic acids is 1. The van der Waals surface area contributed by atoms with Gasteiger partial charge in [0.25, 0.3) is 0 Å². The molecule has 1 saturated heterocycles. The van der Waals surface area contributed by atoms with E-state index in [1.54, 1.807) is 24.3 Å². The van der Waals surface area contributed by atoms with Crippen LogP contribution in [-0.2, 0) is 35.6 Å². The van der Waals surface area contributed by atoms with Gasteiger partial charge in [0.05, 0.1) is 28.8 Å². The lowest BCUT2D eigenvalue weighted by Crippen LogP contribution is -2.51. The number of esters is 1. The van der Waals surface area contributed by atoms with Crippen LogP contribution in [0.15, 0.2) is 53.4 Å². The summed E-state index contributed by atoms with van der Waals surface area (Å²) < 4.78 is 69.6. The van der Waals surface area contributed by atoms with Gasteiger partial charge in [0.15, 0.2) is 19.7 Å². The molecule has 3 rings (SSSR count). The van der Waals surface area contributed by atoms with Gasteiger partial charge in [-0.15, -0.1) is 0 Å². The number of carbonyl (C=O) groups is 1. The molecule has 1 N–H and O–H groups in total. The average Bonchev–Trinajstić information content (AvgIpc) is 3.04. The third-order valence-corrected chi connectivity index (χ3v) is 9.49. The summed E-state index contributed by atoms with van der Waals surface area (Å²) in [4.78, 5) is 12.2. The normalized spacial score (nSPS) is 21.5. The zero-order valence-corrected chi connectivity index (χ0v) is 18.7. The van der Waals surface area contributed by atoms with E-state index in [1.165, 1.54) is 20.1 Å². The van der Waals surface area contributed by atoms with E-state index in [9.17, 15) is 26.0 Å². The van der Waals surface area contributed by atoms with Crippen LogP contribution in [0.4, 0.5) is 4.39 Å². The minimum Gasteiger partial charge on any atom is -0.468 e. The van der Waals surface area contributed by atoms with E-state index in [2.05, 4.69) is 5.32 Å². The summed E-state index contributed by atoms with van der Waals surface area (Å²) in [6, 6.07) is 10.4. The molecule has 0 unspecified atom stereocenters. The van der Waals surface area contributed by atoms with Crippen molar-refractivity contribution in [3.05, 3.63) is 65.5 Å². The van der Waals surface area contributed by atoms with Gasteiger partial charge in [0.1, 0.15) is 11.9 Å². The highest BCUT2D eigenvalue weighted by Gasteiger charge is 2.47. The predicted octanol–water partition coefficient (Wildman–Crippen LogP) is 1.45. The molecule has 1 heterocycles. The number of benzene rings is 2. The first kappa shape index (κ1) is 23.4. The van der Waals surface area contributed by atoms with Crippen LogP contribution in [-0.4, -0.2) is 58.8 Å². The largest absolute Gasteiger partial charge is 0.468 e. The molecule has 2 aromatic rings. The van der Waals surface area contributed by atoms with Gasteiger partial charge in [-0.3, -0.25) is 10.1 Å². The maximum atomic E-state index is 13.6. The summed E-state index contributed by atoms with van der Waals surface area (Å²) in [6.45, 7) is 1.43. The Labute approximate surface area is 181 Å². The average molecular weight is 470 g/mol. The quantitative estimate of drug-likeness (QED) is 0.483. The Bertz CT molecular complexity index is 1170. The van der Waals surface area contributed by atoms with Gasteiger partial charge >= 0.3 is 5.97 Å². The summed E-state index contributed by atoms with van der Waals surface area (Å²) in [5, 5.41) is 1.60. The summed E-state index contributed by atoms with van der Waals surface area (Å²) in [6.07, 6.45) is 0.201. The Hall–Kier alpha value is -2.30. The van der Waals surface area contributed by atoms with E-state index in [0.717, 1.165) is 17.7 Å². The maximum absolute atomic E-state index is 13.6. The van der Waals surface area contributed by atoms with E-state index in [4.69, 9.17) is 4.74 Å². The molecule has 0 spiro atoms. The van der Waals surface area contributed by atoms with E-state index in [1.807, 2.05) is 6.07 Å². The first-order valence-corrected chi connectivity index (χ1v) is 13.0. The van der Waals surface area contributed by atoms with Crippen molar-refractivity contribution in [1.82, 2.24) is 5.32 Å². The smallest absolute Gasteiger partial charge is 0.323 e. The van der Waals surface area contributed by atoms with Crippen molar-refractivity contribution >= 4 is 25.6 Å². The molecule has 31 heavy (non-hydrogen) atoms. The number of hydrogen-bond donors (Lipinski definition) is 1. The molecular formula is C21H24FNO6S2. The molecule has 168 valence electrons. The van der Waals surface area contributed by atoms with Gasteiger partial charge in [0.2, 0.25) is 0 Å². The lowest BCUT2D eigenvalue weighted by atomic mass is 10.0. The van der Waals surface area contributed by atoms with Crippen molar-refractivity contribution in [2.45, 2.75) is 35.6 Å². The molecule has 0 aliphatic carbocycles. The third kappa shape index (κ3) is 5.31.